The van der Waals surface area contributed by atoms with Crippen LogP contribution in [0.15, 0.2) is 35.1 Å². The Labute approximate surface area is 120 Å². The number of carbonyl (C=O) groups is 2. The number of imide groups is 1. The third kappa shape index (κ3) is 2.77. The van der Waals surface area contributed by atoms with Gasteiger partial charge in [0.2, 0.25) is 0 Å². The second-order valence-corrected chi connectivity index (χ2v) is 4.64. The molecule has 7 heteroatoms. The van der Waals surface area contributed by atoms with Gasteiger partial charge in [0, 0.05) is 12.1 Å². The van der Waals surface area contributed by atoms with E-state index in [4.69, 9.17) is 11.5 Å². The zero-order chi connectivity index (χ0) is 15.6. The lowest BCUT2D eigenvalue weighted by Gasteiger charge is -2.18. The van der Waals surface area contributed by atoms with Crippen molar-refractivity contribution in [1.82, 2.24) is 9.88 Å². The Kier molecular flexibility index (Phi) is 4.04. The molecular formula is C14H16N4O3. The van der Waals surface area contributed by atoms with Gasteiger partial charge >= 0.3 is 6.03 Å². The lowest BCUT2D eigenvalue weighted by Crippen LogP contribution is -2.42. The van der Waals surface area contributed by atoms with E-state index < -0.39 is 18.0 Å². The highest BCUT2D eigenvalue weighted by Gasteiger charge is 2.20. The van der Waals surface area contributed by atoms with Crippen molar-refractivity contribution in [2.45, 2.75) is 19.5 Å². The fourth-order valence-electron chi connectivity index (χ4n) is 2.22. The van der Waals surface area contributed by atoms with Gasteiger partial charge in [-0.1, -0.05) is 18.2 Å². The van der Waals surface area contributed by atoms with Crippen molar-refractivity contribution >= 4 is 22.8 Å². The maximum absolute atomic E-state index is 12.4. The van der Waals surface area contributed by atoms with E-state index in [2.05, 4.69) is 0 Å². The number of amides is 3. The SMILES string of the molecule is CC(C(=O)NC(N)=O)n1c(=O)c(CN)cc2ccccc21. The van der Waals surface area contributed by atoms with E-state index in [9.17, 15) is 14.4 Å². The smallest absolute Gasteiger partial charge is 0.318 e. The number of fused-ring (bicyclic) bond motifs is 1. The Morgan fingerprint density at radius 2 is 2.00 bits per heavy atom. The first-order valence-electron chi connectivity index (χ1n) is 6.39. The summed E-state index contributed by atoms with van der Waals surface area (Å²) >= 11 is 0. The second-order valence-electron chi connectivity index (χ2n) is 4.64. The summed E-state index contributed by atoms with van der Waals surface area (Å²) in [7, 11) is 0. The van der Waals surface area contributed by atoms with Crippen LogP contribution in [0.2, 0.25) is 0 Å². The summed E-state index contributed by atoms with van der Waals surface area (Å²) in [6, 6.07) is 6.99. The molecule has 2 rings (SSSR count). The molecule has 1 aromatic carbocycles. The molecule has 21 heavy (non-hydrogen) atoms. The standard InChI is InChI=1S/C14H16N4O3/c1-8(12(19)17-14(16)21)18-11-5-3-2-4-9(11)6-10(7-15)13(18)20/h2-6,8H,7,15H2,1H3,(H3,16,17,19,21). The number of primary amides is 1. The fraction of sp³-hybridized carbons (Fsp3) is 0.214. The highest BCUT2D eigenvalue weighted by Crippen LogP contribution is 2.17. The molecule has 0 aliphatic carbocycles. The summed E-state index contributed by atoms with van der Waals surface area (Å²) < 4.78 is 1.32. The number of urea groups is 1. The third-order valence-corrected chi connectivity index (χ3v) is 3.25. The number of pyridine rings is 1. The molecule has 0 bridgehead atoms. The van der Waals surface area contributed by atoms with E-state index in [1.54, 1.807) is 18.2 Å². The number of rotatable bonds is 3. The zero-order valence-corrected chi connectivity index (χ0v) is 11.5. The van der Waals surface area contributed by atoms with Crippen molar-refractivity contribution in [3.63, 3.8) is 0 Å². The van der Waals surface area contributed by atoms with Crippen molar-refractivity contribution in [3.05, 3.63) is 46.2 Å². The average Bonchev–Trinajstić information content (AvgIpc) is 2.45. The predicted molar refractivity (Wildman–Crippen MR) is 78.5 cm³/mol. The normalized spacial score (nSPS) is 12.1. The van der Waals surface area contributed by atoms with Crippen LogP contribution in [0, 0.1) is 0 Å². The molecule has 1 heterocycles. The fourth-order valence-corrected chi connectivity index (χ4v) is 2.22. The molecule has 0 aliphatic rings. The number of nitrogens with one attached hydrogen (secondary N) is 1. The Hall–Kier alpha value is -2.67. The van der Waals surface area contributed by atoms with Crippen LogP contribution in [0.1, 0.15) is 18.5 Å². The van der Waals surface area contributed by atoms with Gasteiger partial charge in [-0.05, 0) is 24.4 Å². The van der Waals surface area contributed by atoms with Crippen LogP contribution in [-0.4, -0.2) is 16.5 Å². The summed E-state index contributed by atoms with van der Waals surface area (Å²) in [4.78, 5) is 35.2. The summed E-state index contributed by atoms with van der Waals surface area (Å²) in [5.41, 5.74) is 11.1. The van der Waals surface area contributed by atoms with Crippen LogP contribution in [0.25, 0.3) is 10.9 Å². The molecule has 7 nitrogen and oxygen atoms in total. The van der Waals surface area contributed by atoms with E-state index in [0.29, 0.717) is 11.1 Å². The maximum Gasteiger partial charge on any atom is 0.318 e. The number of para-hydroxylation sites is 1. The van der Waals surface area contributed by atoms with Gasteiger partial charge in [-0.2, -0.15) is 0 Å². The number of carbonyl (C=O) groups excluding carboxylic acids is 2. The molecule has 110 valence electrons. The van der Waals surface area contributed by atoms with Crippen LogP contribution in [-0.2, 0) is 11.3 Å². The quantitative estimate of drug-likeness (QED) is 0.748. The first-order valence-corrected chi connectivity index (χ1v) is 6.39. The van der Waals surface area contributed by atoms with Gasteiger partial charge in [-0.25, -0.2) is 4.79 Å². The topological polar surface area (TPSA) is 120 Å². The van der Waals surface area contributed by atoms with Crippen LogP contribution < -0.4 is 22.3 Å². The third-order valence-electron chi connectivity index (χ3n) is 3.25. The lowest BCUT2D eigenvalue weighted by molar-refractivity contribution is -0.122. The van der Waals surface area contributed by atoms with E-state index in [1.807, 2.05) is 17.4 Å². The highest BCUT2D eigenvalue weighted by molar-refractivity contribution is 5.96. The first kappa shape index (κ1) is 14.7. The van der Waals surface area contributed by atoms with Crippen LogP contribution in [0.3, 0.4) is 0 Å². The van der Waals surface area contributed by atoms with E-state index in [-0.39, 0.29) is 12.1 Å². The molecule has 1 atom stereocenters. The average molecular weight is 288 g/mol. The van der Waals surface area contributed by atoms with Gasteiger partial charge in [0.15, 0.2) is 0 Å². The summed E-state index contributed by atoms with van der Waals surface area (Å²) in [6.07, 6.45) is 0. The minimum absolute atomic E-state index is 0.0633. The number of hydrogen-bond acceptors (Lipinski definition) is 4. The Morgan fingerprint density at radius 3 is 2.62 bits per heavy atom. The van der Waals surface area contributed by atoms with Crippen LogP contribution in [0.5, 0.6) is 0 Å². The van der Waals surface area contributed by atoms with E-state index in [0.717, 1.165) is 5.39 Å². The van der Waals surface area contributed by atoms with Crippen LogP contribution in [0.4, 0.5) is 4.79 Å². The van der Waals surface area contributed by atoms with Crippen molar-refractivity contribution < 1.29 is 9.59 Å². The van der Waals surface area contributed by atoms with Gasteiger partial charge in [0.25, 0.3) is 11.5 Å². The monoisotopic (exact) mass is 288 g/mol. The van der Waals surface area contributed by atoms with Gasteiger partial charge in [0.1, 0.15) is 6.04 Å². The number of aromatic nitrogens is 1. The summed E-state index contributed by atoms with van der Waals surface area (Å²) in [6.45, 7) is 1.58. The number of benzene rings is 1. The second kappa shape index (κ2) is 5.76. The van der Waals surface area contributed by atoms with Crippen molar-refractivity contribution in [2.75, 3.05) is 0 Å². The number of hydrogen-bond donors (Lipinski definition) is 3. The zero-order valence-electron chi connectivity index (χ0n) is 11.5. The molecule has 0 saturated heterocycles. The first-order chi connectivity index (χ1) is 9.95. The Bertz CT molecular complexity index is 766. The minimum Gasteiger partial charge on any atom is -0.351 e. The highest BCUT2D eigenvalue weighted by atomic mass is 16.2. The van der Waals surface area contributed by atoms with Crippen molar-refractivity contribution in [1.29, 1.82) is 0 Å². The van der Waals surface area contributed by atoms with Gasteiger partial charge in [-0.15, -0.1) is 0 Å². The van der Waals surface area contributed by atoms with Gasteiger partial charge in [0.05, 0.1) is 5.52 Å². The maximum atomic E-state index is 12.4. The largest absolute Gasteiger partial charge is 0.351 e. The molecule has 0 spiro atoms. The molecule has 0 fully saturated rings. The molecule has 3 amide bonds. The molecular weight excluding hydrogens is 272 g/mol. The van der Waals surface area contributed by atoms with Crippen molar-refractivity contribution in [2.24, 2.45) is 11.5 Å². The molecule has 0 saturated carbocycles. The summed E-state index contributed by atoms with van der Waals surface area (Å²) in [5, 5.41) is 2.77. The molecule has 1 unspecified atom stereocenters. The Morgan fingerprint density at radius 1 is 1.33 bits per heavy atom. The van der Waals surface area contributed by atoms with Gasteiger partial charge in [-0.3, -0.25) is 19.5 Å². The molecule has 5 N–H and O–H groups in total. The summed E-state index contributed by atoms with van der Waals surface area (Å²) in [5.74, 6) is -0.649. The molecule has 2 aromatic rings. The Balaban J connectivity index is 2.66. The number of nitrogens with two attached hydrogens (primary N) is 2. The van der Waals surface area contributed by atoms with E-state index >= 15 is 0 Å². The van der Waals surface area contributed by atoms with E-state index in [1.165, 1.54) is 11.5 Å². The molecule has 0 radical (unpaired) electrons. The number of nitrogens with zero attached hydrogens (tertiary/aromatic N) is 1. The lowest BCUT2D eigenvalue weighted by atomic mass is 10.1. The predicted octanol–water partition coefficient (Wildman–Crippen LogP) is 0.216. The van der Waals surface area contributed by atoms with Crippen molar-refractivity contribution in [3.8, 4) is 0 Å². The van der Waals surface area contributed by atoms with Crippen LogP contribution >= 0.6 is 0 Å². The minimum atomic E-state index is -0.959. The molecule has 1 aromatic heterocycles. The molecule has 0 aliphatic heterocycles. The van der Waals surface area contributed by atoms with Gasteiger partial charge < -0.3 is 11.5 Å².